The van der Waals surface area contributed by atoms with E-state index in [-0.39, 0.29) is 23.5 Å². The molecule has 0 radical (unpaired) electrons. The number of likely N-dealkylation sites (tertiary alicyclic amines) is 1. The first-order valence-electron chi connectivity index (χ1n) is 6.63. The molecule has 0 bridgehead atoms. The third-order valence-corrected chi connectivity index (χ3v) is 5.48. The molecule has 1 saturated heterocycles. The molecule has 1 N–H and O–H groups in total. The number of nitrogens with one attached hydrogen (secondary N) is 1. The number of carbonyl (C=O) groups excluding carboxylic acids is 1. The fourth-order valence-electron chi connectivity index (χ4n) is 1.90. The Kier molecular flexibility index (Phi) is 6.08. The maximum atomic E-state index is 11.8. The van der Waals surface area contributed by atoms with E-state index in [1.807, 2.05) is 4.90 Å². The number of nitrogens with zero attached hydrogens (tertiary/aromatic N) is 1. The Balaban J connectivity index is 2.19. The Morgan fingerprint density at radius 2 is 1.83 bits per heavy atom. The van der Waals surface area contributed by atoms with E-state index in [9.17, 15) is 13.2 Å². The smallest absolute Gasteiger partial charge is 0.236 e. The van der Waals surface area contributed by atoms with Gasteiger partial charge in [0.25, 0.3) is 0 Å². The lowest BCUT2D eigenvalue weighted by Crippen LogP contribution is -2.42. The molecule has 5 nitrogen and oxygen atoms in total. The standard InChI is InChI=1S/C12H24N2O3S/c1-11(2)18(16,17)9-6-13-10-12(15)14-7-4-3-5-8-14/h11,13H,3-10H2,1-2H3. The Bertz CT molecular complexity index is 360. The highest BCUT2D eigenvalue weighted by molar-refractivity contribution is 7.92. The molecule has 1 amide bonds. The van der Waals surface area contributed by atoms with Crippen LogP contribution in [0.3, 0.4) is 0 Å². The normalized spacial score (nSPS) is 17.2. The lowest BCUT2D eigenvalue weighted by molar-refractivity contribution is -0.131. The van der Waals surface area contributed by atoms with E-state index < -0.39 is 9.84 Å². The zero-order chi connectivity index (χ0) is 13.6. The van der Waals surface area contributed by atoms with Gasteiger partial charge < -0.3 is 10.2 Å². The number of hydrogen-bond donors (Lipinski definition) is 1. The largest absolute Gasteiger partial charge is 0.342 e. The Morgan fingerprint density at radius 3 is 2.39 bits per heavy atom. The molecule has 18 heavy (non-hydrogen) atoms. The van der Waals surface area contributed by atoms with Gasteiger partial charge in [-0.15, -0.1) is 0 Å². The van der Waals surface area contributed by atoms with Crippen LogP contribution in [0.4, 0.5) is 0 Å². The molecule has 0 aromatic heterocycles. The molecular formula is C12H24N2O3S. The van der Waals surface area contributed by atoms with Crippen LogP contribution in [0.2, 0.25) is 0 Å². The minimum absolute atomic E-state index is 0.0802. The predicted molar refractivity (Wildman–Crippen MR) is 72.2 cm³/mol. The monoisotopic (exact) mass is 276 g/mol. The first-order valence-corrected chi connectivity index (χ1v) is 8.35. The maximum Gasteiger partial charge on any atom is 0.236 e. The number of amides is 1. The van der Waals surface area contributed by atoms with Gasteiger partial charge in [-0.25, -0.2) is 8.42 Å². The van der Waals surface area contributed by atoms with Crippen LogP contribution in [0, 0.1) is 0 Å². The highest BCUT2D eigenvalue weighted by Crippen LogP contribution is 2.08. The summed E-state index contributed by atoms with van der Waals surface area (Å²) >= 11 is 0. The van der Waals surface area contributed by atoms with Gasteiger partial charge in [0, 0.05) is 19.6 Å². The summed E-state index contributed by atoms with van der Waals surface area (Å²) in [7, 11) is -3.01. The van der Waals surface area contributed by atoms with Gasteiger partial charge >= 0.3 is 0 Å². The Labute approximate surface area is 110 Å². The lowest BCUT2D eigenvalue weighted by Gasteiger charge is -2.26. The van der Waals surface area contributed by atoms with Gasteiger partial charge in [-0.3, -0.25) is 4.79 Å². The molecule has 0 aromatic rings. The summed E-state index contributed by atoms with van der Waals surface area (Å²) in [6.45, 7) is 5.62. The highest BCUT2D eigenvalue weighted by Gasteiger charge is 2.17. The maximum absolute atomic E-state index is 11.8. The zero-order valence-electron chi connectivity index (χ0n) is 11.3. The van der Waals surface area contributed by atoms with Gasteiger partial charge in [0.05, 0.1) is 17.5 Å². The average Bonchev–Trinajstić information content (AvgIpc) is 2.35. The Hall–Kier alpha value is -0.620. The second kappa shape index (κ2) is 7.09. The molecule has 6 heteroatoms. The van der Waals surface area contributed by atoms with Gasteiger partial charge in [-0.2, -0.15) is 0 Å². The molecule has 0 saturated carbocycles. The molecule has 1 aliphatic heterocycles. The number of sulfone groups is 1. The molecule has 1 heterocycles. The summed E-state index contributed by atoms with van der Waals surface area (Å²) in [5.41, 5.74) is 0. The van der Waals surface area contributed by atoms with Crippen LogP contribution in [0.25, 0.3) is 0 Å². The van der Waals surface area contributed by atoms with E-state index >= 15 is 0 Å². The van der Waals surface area contributed by atoms with Crippen molar-refractivity contribution in [2.45, 2.75) is 38.4 Å². The number of carbonyl (C=O) groups is 1. The molecule has 0 atom stereocenters. The fraction of sp³-hybridized carbons (Fsp3) is 0.917. The summed E-state index contributed by atoms with van der Waals surface area (Å²) in [6, 6.07) is 0. The van der Waals surface area contributed by atoms with E-state index in [1.165, 1.54) is 6.42 Å². The van der Waals surface area contributed by atoms with Crippen molar-refractivity contribution in [3.8, 4) is 0 Å². The van der Waals surface area contributed by atoms with Crippen LogP contribution in [-0.4, -0.2) is 56.4 Å². The number of piperidine rings is 1. The van der Waals surface area contributed by atoms with Gasteiger partial charge in [-0.05, 0) is 33.1 Å². The minimum Gasteiger partial charge on any atom is -0.342 e. The van der Waals surface area contributed by atoms with Crippen LogP contribution in [-0.2, 0) is 14.6 Å². The molecule has 0 unspecified atom stereocenters. The second-order valence-corrected chi connectivity index (χ2v) is 7.71. The van der Waals surface area contributed by atoms with E-state index in [0.717, 1.165) is 25.9 Å². The predicted octanol–water partition coefficient (Wildman–Crippen LogP) is 0.412. The summed E-state index contributed by atoms with van der Waals surface area (Å²) in [5, 5.41) is 2.57. The molecule has 1 fully saturated rings. The van der Waals surface area contributed by atoms with E-state index in [4.69, 9.17) is 0 Å². The molecule has 106 valence electrons. The summed E-state index contributed by atoms with van der Waals surface area (Å²) in [4.78, 5) is 13.6. The van der Waals surface area contributed by atoms with Gasteiger partial charge in [0.2, 0.25) is 5.91 Å². The molecule has 1 rings (SSSR count). The third-order valence-electron chi connectivity index (χ3n) is 3.27. The van der Waals surface area contributed by atoms with Crippen molar-refractivity contribution in [2.24, 2.45) is 0 Å². The molecule has 0 spiro atoms. The minimum atomic E-state index is -3.01. The van der Waals surface area contributed by atoms with Crippen LogP contribution < -0.4 is 5.32 Å². The number of rotatable bonds is 6. The van der Waals surface area contributed by atoms with Crippen molar-refractivity contribution in [2.75, 3.05) is 31.9 Å². The third kappa shape index (κ3) is 4.94. The van der Waals surface area contributed by atoms with Crippen LogP contribution in [0.5, 0.6) is 0 Å². The van der Waals surface area contributed by atoms with Gasteiger partial charge in [0.1, 0.15) is 0 Å². The second-order valence-electron chi connectivity index (χ2n) is 5.03. The first kappa shape index (κ1) is 15.4. The summed E-state index contributed by atoms with van der Waals surface area (Å²) in [6.07, 6.45) is 3.35. The average molecular weight is 276 g/mol. The van der Waals surface area contributed by atoms with Crippen molar-refractivity contribution in [1.29, 1.82) is 0 Å². The summed E-state index contributed by atoms with van der Waals surface area (Å²) < 4.78 is 23.1. The Morgan fingerprint density at radius 1 is 1.22 bits per heavy atom. The van der Waals surface area contributed by atoms with Crippen LogP contribution in [0.1, 0.15) is 33.1 Å². The molecular weight excluding hydrogens is 252 g/mol. The molecule has 1 aliphatic rings. The topological polar surface area (TPSA) is 66.5 Å². The fourth-order valence-corrected chi connectivity index (χ4v) is 2.80. The van der Waals surface area contributed by atoms with Crippen molar-refractivity contribution in [3.05, 3.63) is 0 Å². The lowest BCUT2D eigenvalue weighted by atomic mass is 10.1. The van der Waals surface area contributed by atoms with Crippen molar-refractivity contribution < 1.29 is 13.2 Å². The number of hydrogen-bond acceptors (Lipinski definition) is 4. The van der Waals surface area contributed by atoms with Crippen LogP contribution in [0.15, 0.2) is 0 Å². The highest BCUT2D eigenvalue weighted by atomic mass is 32.2. The van der Waals surface area contributed by atoms with Crippen molar-refractivity contribution in [3.63, 3.8) is 0 Å². The summed E-state index contributed by atoms with van der Waals surface area (Å²) in [5.74, 6) is 0.175. The first-order chi connectivity index (χ1) is 8.43. The quantitative estimate of drug-likeness (QED) is 0.714. The van der Waals surface area contributed by atoms with Crippen LogP contribution >= 0.6 is 0 Å². The zero-order valence-corrected chi connectivity index (χ0v) is 12.1. The molecule has 0 aromatic carbocycles. The van der Waals surface area contributed by atoms with E-state index in [0.29, 0.717) is 6.54 Å². The van der Waals surface area contributed by atoms with Gasteiger partial charge in [0.15, 0.2) is 9.84 Å². The van der Waals surface area contributed by atoms with E-state index in [1.54, 1.807) is 13.8 Å². The SMILES string of the molecule is CC(C)S(=O)(=O)CCNCC(=O)N1CCCCC1. The van der Waals surface area contributed by atoms with Crippen molar-refractivity contribution in [1.82, 2.24) is 10.2 Å². The van der Waals surface area contributed by atoms with Gasteiger partial charge in [-0.1, -0.05) is 0 Å². The van der Waals surface area contributed by atoms with E-state index in [2.05, 4.69) is 5.32 Å². The molecule has 0 aliphatic carbocycles. The van der Waals surface area contributed by atoms with Crippen molar-refractivity contribution >= 4 is 15.7 Å².